The molecule has 0 saturated heterocycles. The molecule has 0 spiro atoms. The molecule has 20 heavy (non-hydrogen) atoms. The molecule has 0 aliphatic rings. The lowest BCUT2D eigenvalue weighted by Crippen LogP contribution is -2.30. The highest BCUT2D eigenvalue weighted by Crippen LogP contribution is 2.23. The summed E-state index contributed by atoms with van der Waals surface area (Å²) in [7, 11) is 1.65. The van der Waals surface area contributed by atoms with E-state index in [1.165, 1.54) is 0 Å². The van der Waals surface area contributed by atoms with E-state index >= 15 is 0 Å². The van der Waals surface area contributed by atoms with Crippen LogP contribution < -0.4 is 5.73 Å². The largest absolute Gasteiger partial charge is 0.409 e. The van der Waals surface area contributed by atoms with Crippen LogP contribution in [-0.4, -0.2) is 42.7 Å². The van der Waals surface area contributed by atoms with Crippen LogP contribution in [0.5, 0.6) is 0 Å². The Morgan fingerprint density at radius 3 is 2.70 bits per heavy atom. The van der Waals surface area contributed by atoms with E-state index in [-0.39, 0.29) is 5.84 Å². The average molecular weight is 320 g/mol. The van der Waals surface area contributed by atoms with Gasteiger partial charge in [-0.25, -0.2) is 0 Å². The van der Waals surface area contributed by atoms with Gasteiger partial charge in [-0.05, 0) is 17.7 Å². The van der Waals surface area contributed by atoms with E-state index in [0.29, 0.717) is 36.2 Å². The average Bonchev–Trinajstić information content (AvgIpc) is 2.45. The van der Waals surface area contributed by atoms with Gasteiger partial charge >= 0.3 is 0 Å². The van der Waals surface area contributed by atoms with Crippen LogP contribution in [-0.2, 0) is 11.3 Å². The highest BCUT2D eigenvalue weighted by atomic mass is 35.5. The lowest BCUT2D eigenvalue weighted by molar-refractivity contribution is 0.145. The maximum atomic E-state index is 8.57. The number of ether oxygens (including phenoxy) is 1. The second-order valence-electron chi connectivity index (χ2n) is 4.36. The monoisotopic (exact) mass is 319 g/mol. The molecular weight excluding hydrogens is 301 g/mol. The summed E-state index contributed by atoms with van der Waals surface area (Å²) in [5.74, 6) is 0.210. The minimum atomic E-state index is 0.210. The molecule has 7 heteroatoms. The van der Waals surface area contributed by atoms with E-state index in [1.54, 1.807) is 13.2 Å². The lowest BCUT2D eigenvalue weighted by Gasteiger charge is -2.22. The number of halogens is 2. The van der Waals surface area contributed by atoms with Crippen LogP contribution >= 0.6 is 23.2 Å². The van der Waals surface area contributed by atoms with Gasteiger partial charge in [-0.1, -0.05) is 34.4 Å². The zero-order valence-corrected chi connectivity index (χ0v) is 12.9. The van der Waals surface area contributed by atoms with E-state index in [0.717, 1.165) is 12.1 Å². The summed E-state index contributed by atoms with van der Waals surface area (Å²) < 4.78 is 5.09. The van der Waals surface area contributed by atoms with Gasteiger partial charge in [0.15, 0.2) is 0 Å². The van der Waals surface area contributed by atoms with Crippen LogP contribution in [0.25, 0.3) is 0 Å². The number of rotatable bonds is 8. The van der Waals surface area contributed by atoms with Crippen molar-refractivity contribution < 1.29 is 9.94 Å². The van der Waals surface area contributed by atoms with Crippen LogP contribution in [0, 0.1) is 0 Å². The van der Waals surface area contributed by atoms with Gasteiger partial charge in [0.05, 0.1) is 16.7 Å². The Morgan fingerprint density at radius 2 is 2.10 bits per heavy atom. The Morgan fingerprint density at radius 1 is 1.35 bits per heavy atom. The molecule has 112 valence electrons. The molecule has 0 aliphatic carbocycles. The van der Waals surface area contributed by atoms with Crippen LogP contribution in [0.15, 0.2) is 23.4 Å². The van der Waals surface area contributed by atoms with Crippen LogP contribution in [0.2, 0.25) is 10.0 Å². The Balaban J connectivity index is 2.64. The topological polar surface area (TPSA) is 71.1 Å². The number of oxime groups is 1. The number of hydrogen-bond acceptors (Lipinski definition) is 4. The molecule has 0 heterocycles. The molecule has 0 bridgehead atoms. The Kier molecular flexibility index (Phi) is 7.69. The summed E-state index contributed by atoms with van der Waals surface area (Å²) in [6.07, 6.45) is 0.488. The van der Waals surface area contributed by atoms with E-state index in [9.17, 15) is 0 Å². The van der Waals surface area contributed by atoms with Gasteiger partial charge in [-0.3, -0.25) is 4.90 Å². The molecule has 1 aromatic carbocycles. The highest BCUT2D eigenvalue weighted by molar-refractivity contribution is 6.42. The van der Waals surface area contributed by atoms with Crippen molar-refractivity contribution in [2.75, 3.05) is 26.8 Å². The maximum absolute atomic E-state index is 8.57. The third-order valence-electron chi connectivity index (χ3n) is 2.81. The van der Waals surface area contributed by atoms with Gasteiger partial charge in [0, 0.05) is 33.2 Å². The zero-order chi connectivity index (χ0) is 15.0. The molecule has 1 aromatic rings. The van der Waals surface area contributed by atoms with Crippen molar-refractivity contribution in [1.29, 1.82) is 0 Å². The SMILES string of the molecule is COCCN(CCC(N)=NO)Cc1ccc(Cl)c(Cl)c1. The summed E-state index contributed by atoms with van der Waals surface area (Å²) in [4.78, 5) is 2.14. The third-order valence-corrected chi connectivity index (χ3v) is 3.55. The van der Waals surface area contributed by atoms with Gasteiger partial charge in [-0.2, -0.15) is 0 Å². The van der Waals surface area contributed by atoms with Crippen LogP contribution in [0.1, 0.15) is 12.0 Å². The second-order valence-corrected chi connectivity index (χ2v) is 5.17. The molecule has 3 N–H and O–H groups in total. The predicted molar refractivity (Wildman–Crippen MR) is 81.6 cm³/mol. The fourth-order valence-corrected chi connectivity index (χ4v) is 2.03. The van der Waals surface area contributed by atoms with Crippen LogP contribution in [0.4, 0.5) is 0 Å². The molecule has 1 rings (SSSR count). The first kappa shape index (κ1) is 17.0. The molecule has 0 aromatic heterocycles. The molecule has 0 fully saturated rings. The summed E-state index contributed by atoms with van der Waals surface area (Å²) >= 11 is 11.9. The van der Waals surface area contributed by atoms with Crippen molar-refractivity contribution >= 4 is 29.0 Å². The standard InChI is InChI=1S/C13H19Cl2N3O2/c1-20-7-6-18(5-4-13(16)17-19)9-10-2-3-11(14)12(15)8-10/h2-3,8,19H,4-7,9H2,1H3,(H2,16,17). The van der Waals surface area contributed by atoms with Gasteiger partial charge in [0.1, 0.15) is 5.84 Å². The summed E-state index contributed by atoms with van der Waals surface area (Å²) in [6.45, 7) is 2.71. The first-order valence-corrected chi connectivity index (χ1v) is 6.94. The smallest absolute Gasteiger partial charge is 0.140 e. The van der Waals surface area contributed by atoms with E-state index < -0.39 is 0 Å². The second kappa shape index (κ2) is 9.02. The quantitative estimate of drug-likeness (QED) is 0.334. The Hall–Kier alpha value is -1.01. The minimum Gasteiger partial charge on any atom is -0.409 e. The summed E-state index contributed by atoms with van der Waals surface area (Å²) in [6, 6.07) is 5.54. The van der Waals surface area contributed by atoms with Crippen molar-refractivity contribution in [3.05, 3.63) is 33.8 Å². The minimum absolute atomic E-state index is 0.210. The van der Waals surface area contributed by atoms with Gasteiger partial charge < -0.3 is 15.7 Å². The number of nitrogens with two attached hydrogens (primary N) is 1. The molecule has 0 atom stereocenters. The van der Waals surface area contributed by atoms with Gasteiger partial charge in [0.2, 0.25) is 0 Å². The summed E-state index contributed by atoms with van der Waals surface area (Å²) in [5, 5.41) is 12.6. The number of nitrogens with zero attached hydrogens (tertiary/aromatic N) is 2. The van der Waals surface area contributed by atoms with Crippen LogP contribution in [0.3, 0.4) is 0 Å². The van der Waals surface area contributed by atoms with Crippen molar-refractivity contribution in [3.63, 3.8) is 0 Å². The third kappa shape index (κ3) is 5.96. The number of methoxy groups -OCH3 is 1. The Labute approximate surface area is 128 Å². The fourth-order valence-electron chi connectivity index (χ4n) is 1.71. The number of amidine groups is 1. The first-order valence-electron chi connectivity index (χ1n) is 6.18. The maximum Gasteiger partial charge on any atom is 0.140 e. The van der Waals surface area contributed by atoms with Gasteiger partial charge in [0.25, 0.3) is 0 Å². The van der Waals surface area contributed by atoms with Gasteiger partial charge in [-0.15, -0.1) is 0 Å². The van der Waals surface area contributed by atoms with Crippen molar-refractivity contribution in [2.45, 2.75) is 13.0 Å². The highest BCUT2D eigenvalue weighted by Gasteiger charge is 2.08. The zero-order valence-electron chi connectivity index (χ0n) is 11.4. The first-order chi connectivity index (χ1) is 9.56. The van der Waals surface area contributed by atoms with Crippen molar-refractivity contribution in [1.82, 2.24) is 4.90 Å². The van der Waals surface area contributed by atoms with Crippen molar-refractivity contribution in [3.8, 4) is 0 Å². The predicted octanol–water partition coefficient (Wildman–Crippen LogP) is 2.58. The fraction of sp³-hybridized carbons (Fsp3) is 0.462. The van der Waals surface area contributed by atoms with E-state index in [4.69, 9.17) is 38.9 Å². The number of hydrogen-bond donors (Lipinski definition) is 2. The molecule has 5 nitrogen and oxygen atoms in total. The Bertz CT molecular complexity index is 455. The van der Waals surface area contributed by atoms with E-state index in [1.807, 2.05) is 12.1 Å². The normalized spacial score (nSPS) is 12.1. The van der Waals surface area contributed by atoms with Crippen molar-refractivity contribution in [2.24, 2.45) is 10.9 Å². The molecule has 0 saturated carbocycles. The number of benzene rings is 1. The lowest BCUT2D eigenvalue weighted by atomic mass is 10.2. The molecule has 0 amide bonds. The molecule has 0 unspecified atom stereocenters. The molecular formula is C13H19Cl2N3O2. The molecule has 0 aliphatic heterocycles. The van der Waals surface area contributed by atoms with E-state index in [2.05, 4.69) is 10.1 Å². The molecule has 0 radical (unpaired) electrons. The summed E-state index contributed by atoms with van der Waals surface area (Å²) in [5.41, 5.74) is 6.54.